The maximum absolute atomic E-state index is 3.73. The second kappa shape index (κ2) is 7.80. The Kier molecular flexibility index (Phi) is 6.70. The molecule has 0 aromatic heterocycles. The van der Waals surface area contributed by atoms with Crippen LogP contribution in [-0.2, 0) is 0 Å². The molecule has 20 heavy (non-hydrogen) atoms. The Labute approximate surface area is 125 Å². The number of hydrogen-bond acceptors (Lipinski definition) is 2. The molecule has 1 atom stereocenters. The van der Waals surface area contributed by atoms with E-state index in [0.717, 1.165) is 13.1 Å². The molecule has 0 fully saturated rings. The second-order valence-corrected chi connectivity index (χ2v) is 6.35. The first-order chi connectivity index (χ1) is 9.36. The third kappa shape index (κ3) is 4.60. The first-order valence-corrected chi connectivity index (χ1v) is 7.88. The highest BCUT2D eigenvalue weighted by molar-refractivity contribution is 5.39. The van der Waals surface area contributed by atoms with Crippen molar-refractivity contribution in [1.82, 2.24) is 10.2 Å². The van der Waals surface area contributed by atoms with Gasteiger partial charge in [0, 0.05) is 18.6 Å². The van der Waals surface area contributed by atoms with Gasteiger partial charge in [-0.2, -0.15) is 0 Å². The number of likely N-dealkylation sites (N-methyl/N-ethyl adjacent to an activating group) is 1. The molecule has 1 aromatic rings. The maximum atomic E-state index is 3.73. The Morgan fingerprint density at radius 1 is 1.10 bits per heavy atom. The lowest BCUT2D eigenvalue weighted by molar-refractivity contribution is 0.241. The topological polar surface area (TPSA) is 15.3 Å². The lowest BCUT2D eigenvalue weighted by atomic mass is 9.93. The Balaban J connectivity index is 3.04. The molecule has 0 heterocycles. The highest BCUT2D eigenvalue weighted by Crippen LogP contribution is 2.24. The van der Waals surface area contributed by atoms with Crippen LogP contribution < -0.4 is 5.32 Å². The third-order valence-electron chi connectivity index (χ3n) is 4.08. The van der Waals surface area contributed by atoms with E-state index in [4.69, 9.17) is 0 Å². The molecule has 0 bridgehead atoms. The summed E-state index contributed by atoms with van der Waals surface area (Å²) in [5.74, 6) is 0. The summed E-state index contributed by atoms with van der Waals surface area (Å²) in [6.07, 6.45) is 1.17. The maximum Gasteiger partial charge on any atom is 0.0454 e. The summed E-state index contributed by atoms with van der Waals surface area (Å²) in [6.45, 7) is 15.5. The predicted molar refractivity (Wildman–Crippen MR) is 89.5 cm³/mol. The normalized spacial score (nSPS) is 13.2. The summed E-state index contributed by atoms with van der Waals surface area (Å²) in [5, 5.41) is 3.73. The van der Waals surface area contributed by atoms with Gasteiger partial charge in [-0.3, -0.25) is 0 Å². The molecule has 0 aliphatic heterocycles. The predicted octanol–water partition coefficient (Wildman–Crippen LogP) is 3.99. The number of hydrogen-bond donors (Lipinski definition) is 1. The Bertz CT molecular complexity index is 400. The van der Waals surface area contributed by atoms with Crippen LogP contribution in [0.1, 0.15) is 55.5 Å². The molecule has 1 unspecified atom stereocenters. The van der Waals surface area contributed by atoms with Gasteiger partial charge in [0.25, 0.3) is 0 Å². The van der Waals surface area contributed by atoms with Gasteiger partial charge in [0.2, 0.25) is 0 Å². The molecule has 1 aromatic carbocycles. The summed E-state index contributed by atoms with van der Waals surface area (Å²) in [5.41, 5.74) is 5.66. The van der Waals surface area contributed by atoms with Gasteiger partial charge in [-0.25, -0.2) is 0 Å². The minimum Gasteiger partial charge on any atom is -0.309 e. The summed E-state index contributed by atoms with van der Waals surface area (Å²) in [4.78, 5) is 2.42. The van der Waals surface area contributed by atoms with E-state index < -0.39 is 0 Å². The smallest absolute Gasteiger partial charge is 0.0454 e. The van der Waals surface area contributed by atoms with Gasteiger partial charge in [-0.05, 0) is 71.3 Å². The molecule has 0 amide bonds. The molecule has 0 aliphatic rings. The molecule has 0 saturated carbocycles. The standard InChI is InChI=1S/C18H32N2/c1-8-9-19-17(12-20(7)13(2)3)18-15(5)10-14(4)11-16(18)6/h10-11,13,17,19H,8-9,12H2,1-7H3. The molecule has 2 heteroatoms. The van der Waals surface area contributed by atoms with Crippen LogP contribution in [0.3, 0.4) is 0 Å². The summed E-state index contributed by atoms with van der Waals surface area (Å²) < 4.78 is 0. The van der Waals surface area contributed by atoms with E-state index in [2.05, 4.69) is 70.9 Å². The first-order valence-electron chi connectivity index (χ1n) is 7.88. The third-order valence-corrected chi connectivity index (χ3v) is 4.08. The van der Waals surface area contributed by atoms with Gasteiger partial charge >= 0.3 is 0 Å². The zero-order valence-corrected chi connectivity index (χ0v) is 14.4. The molecule has 0 aliphatic carbocycles. The van der Waals surface area contributed by atoms with E-state index >= 15 is 0 Å². The van der Waals surface area contributed by atoms with Crippen molar-refractivity contribution >= 4 is 0 Å². The van der Waals surface area contributed by atoms with Crippen molar-refractivity contribution in [3.63, 3.8) is 0 Å². The first kappa shape index (κ1) is 17.2. The summed E-state index contributed by atoms with van der Waals surface area (Å²) in [7, 11) is 2.21. The van der Waals surface area contributed by atoms with Gasteiger partial charge in [-0.1, -0.05) is 24.6 Å². The van der Waals surface area contributed by atoms with Gasteiger partial charge in [0.05, 0.1) is 0 Å². The number of rotatable bonds is 7. The Morgan fingerprint density at radius 2 is 1.65 bits per heavy atom. The van der Waals surface area contributed by atoms with Crippen LogP contribution in [0.4, 0.5) is 0 Å². The summed E-state index contributed by atoms with van der Waals surface area (Å²) >= 11 is 0. The van der Waals surface area contributed by atoms with Crippen LogP contribution >= 0.6 is 0 Å². The van der Waals surface area contributed by atoms with Crippen molar-refractivity contribution in [3.05, 3.63) is 34.4 Å². The fourth-order valence-corrected chi connectivity index (χ4v) is 2.82. The molecule has 1 N–H and O–H groups in total. The van der Waals surface area contributed by atoms with Gasteiger partial charge in [0.1, 0.15) is 0 Å². The van der Waals surface area contributed by atoms with Gasteiger partial charge < -0.3 is 10.2 Å². The fourth-order valence-electron chi connectivity index (χ4n) is 2.82. The van der Waals surface area contributed by atoms with Crippen molar-refractivity contribution in [2.45, 2.75) is 60.0 Å². The molecule has 2 nitrogen and oxygen atoms in total. The van der Waals surface area contributed by atoms with Crippen molar-refractivity contribution in [3.8, 4) is 0 Å². The Hall–Kier alpha value is -0.860. The SMILES string of the molecule is CCCNC(CN(C)C(C)C)c1c(C)cc(C)cc1C. The second-order valence-electron chi connectivity index (χ2n) is 6.35. The van der Waals surface area contributed by atoms with Crippen LogP contribution in [-0.4, -0.2) is 31.1 Å². The molecule has 114 valence electrons. The molecular weight excluding hydrogens is 244 g/mol. The highest BCUT2D eigenvalue weighted by Gasteiger charge is 2.18. The number of nitrogens with one attached hydrogen (secondary N) is 1. The van der Waals surface area contributed by atoms with Crippen molar-refractivity contribution in [2.75, 3.05) is 20.1 Å². The van der Waals surface area contributed by atoms with Crippen LogP contribution in [0, 0.1) is 20.8 Å². The zero-order valence-electron chi connectivity index (χ0n) is 14.4. The zero-order chi connectivity index (χ0) is 15.3. The van der Waals surface area contributed by atoms with Crippen LogP contribution in [0.25, 0.3) is 0 Å². The fraction of sp³-hybridized carbons (Fsp3) is 0.667. The van der Waals surface area contributed by atoms with E-state index in [1.54, 1.807) is 0 Å². The van der Waals surface area contributed by atoms with E-state index in [1.807, 2.05) is 0 Å². The minimum atomic E-state index is 0.419. The molecule has 0 spiro atoms. The molecule has 1 rings (SSSR count). The average molecular weight is 276 g/mol. The monoisotopic (exact) mass is 276 g/mol. The highest BCUT2D eigenvalue weighted by atomic mass is 15.1. The van der Waals surface area contributed by atoms with Crippen LogP contribution in [0.5, 0.6) is 0 Å². The molecular formula is C18H32N2. The van der Waals surface area contributed by atoms with E-state index in [-0.39, 0.29) is 0 Å². The number of benzene rings is 1. The van der Waals surface area contributed by atoms with Crippen molar-refractivity contribution < 1.29 is 0 Å². The van der Waals surface area contributed by atoms with E-state index in [9.17, 15) is 0 Å². The lowest BCUT2D eigenvalue weighted by Crippen LogP contribution is -2.37. The van der Waals surface area contributed by atoms with Crippen molar-refractivity contribution in [2.24, 2.45) is 0 Å². The number of nitrogens with zero attached hydrogens (tertiary/aromatic N) is 1. The average Bonchev–Trinajstić information content (AvgIpc) is 2.33. The lowest BCUT2D eigenvalue weighted by Gasteiger charge is -2.30. The van der Waals surface area contributed by atoms with Crippen LogP contribution in [0.15, 0.2) is 12.1 Å². The summed E-state index contributed by atoms with van der Waals surface area (Å²) in [6, 6.07) is 5.60. The number of aryl methyl sites for hydroxylation is 3. The largest absolute Gasteiger partial charge is 0.309 e. The van der Waals surface area contributed by atoms with Crippen LogP contribution in [0.2, 0.25) is 0 Å². The quantitative estimate of drug-likeness (QED) is 0.810. The van der Waals surface area contributed by atoms with E-state index in [1.165, 1.54) is 28.7 Å². The molecule has 0 radical (unpaired) electrons. The minimum absolute atomic E-state index is 0.419. The Morgan fingerprint density at radius 3 is 2.10 bits per heavy atom. The van der Waals surface area contributed by atoms with E-state index in [0.29, 0.717) is 12.1 Å². The van der Waals surface area contributed by atoms with Gasteiger partial charge in [0.15, 0.2) is 0 Å². The van der Waals surface area contributed by atoms with Crippen molar-refractivity contribution in [1.29, 1.82) is 0 Å². The molecule has 0 saturated heterocycles. The van der Waals surface area contributed by atoms with Gasteiger partial charge in [-0.15, -0.1) is 0 Å².